The fourth-order valence-electron chi connectivity index (χ4n) is 2.88. The van der Waals surface area contributed by atoms with Crippen molar-refractivity contribution in [3.63, 3.8) is 0 Å². The zero-order valence-corrected chi connectivity index (χ0v) is 9.93. The lowest BCUT2D eigenvalue weighted by Crippen LogP contribution is -2.46. The molecule has 2 unspecified atom stereocenters. The Morgan fingerprint density at radius 3 is 2.57 bits per heavy atom. The van der Waals surface area contributed by atoms with Crippen LogP contribution in [0.4, 0.5) is 0 Å². The Balaban J connectivity index is 0.000000980. The Morgan fingerprint density at radius 1 is 1.21 bits per heavy atom. The number of hydrogen-bond donors (Lipinski definition) is 1. The highest BCUT2D eigenvalue weighted by Gasteiger charge is 2.29. The number of halogens is 1. The normalized spacial score (nSPS) is 39.4. The molecule has 0 spiro atoms. The molecule has 3 atom stereocenters. The van der Waals surface area contributed by atoms with Crippen molar-refractivity contribution in [3.8, 4) is 0 Å². The van der Waals surface area contributed by atoms with Crippen molar-refractivity contribution in [2.24, 2.45) is 11.7 Å². The van der Waals surface area contributed by atoms with Crippen LogP contribution in [0.1, 0.15) is 39.0 Å². The molecule has 0 aromatic rings. The molecule has 3 heteroatoms. The SMILES string of the molecule is CC1CCC(N2CCC[C@@H](N)C2)C1.Cl. The predicted molar refractivity (Wildman–Crippen MR) is 62.8 cm³/mol. The van der Waals surface area contributed by atoms with Crippen molar-refractivity contribution in [2.75, 3.05) is 13.1 Å². The van der Waals surface area contributed by atoms with Gasteiger partial charge in [0.1, 0.15) is 0 Å². The van der Waals surface area contributed by atoms with Gasteiger partial charge in [0.2, 0.25) is 0 Å². The summed E-state index contributed by atoms with van der Waals surface area (Å²) in [7, 11) is 0. The van der Waals surface area contributed by atoms with Crippen LogP contribution < -0.4 is 5.73 Å². The number of rotatable bonds is 1. The summed E-state index contributed by atoms with van der Waals surface area (Å²) < 4.78 is 0. The van der Waals surface area contributed by atoms with Crippen LogP contribution in [0.5, 0.6) is 0 Å². The summed E-state index contributed by atoms with van der Waals surface area (Å²) in [5.74, 6) is 0.947. The molecule has 0 amide bonds. The van der Waals surface area contributed by atoms with Crippen molar-refractivity contribution in [1.82, 2.24) is 4.90 Å². The first-order chi connectivity index (χ1) is 6.25. The highest BCUT2D eigenvalue weighted by atomic mass is 35.5. The summed E-state index contributed by atoms with van der Waals surface area (Å²) in [5, 5.41) is 0. The number of hydrogen-bond acceptors (Lipinski definition) is 2. The summed E-state index contributed by atoms with van der Waals surface area (Å²) >= 11 is 0. The molecule has 0 aromatic heterocycles. The summed E-state index contributed by atoms with van der Waals surface area (Å²) in [6, 6.07) is 1.31. The molecule has 1 aliphatic carbocycles. The van der Waals surface area contributed by atoms with E-state index in [4.69, 9.17) is 5.73 Å². The van der Waals surface area contributed by atoms with Crippen LogP contribution in [0.3, 0.4) is 0 Å². The van der Waals surface area contributed by atoms with Crippen LogP contribution in [0.2, 0.25) is 0 Å². The molecule has 0 radical (unpaired) electrons. The van der Waals surface area contributed by atoms with E-state index in [-0.39, 0.29) is 12.4 Å². The van der Waals surface area contributed by atoms with E-state index in [0.717, 1.165) is 18.5 Å². The number of nitrogens with zero attached hydrogens (tertiary/aromatic N) is 1. The third-order valence-electron chi connectivity index (χ3n) is 3.67. The zero-order chi connectivity index (χ0) is 9.26. The van der Waals surface area contributed by atoms with Crippen molar-refractivity contribution in [3.05, 3.63) is 0 Å². The van der Waals surface area contributed by atoms with Gasteiger partial charge in [0, 0.05) is 18.6 Å². The Morgan fingerprint density at radius 2 is 2.00 bits per heavy atom. The van der Waals surface area contributed by atoms with Crippen LogP contribution >= 0.6 is 12.4 Å². The molecule has 0 bridgehead atoms. The van der Waals surface area contributed by atoms with Gasteiger partial charge in [-0.1, -0.05) is 6.92 Å². The molecule has 14 heavy (non-hydrogen) atoms. The van der Waals surface area contributed by atoms with Gasteiger partial charge in [-0.3, -0.25) is 4.90 Å². The Hall–Kier alpha value is 0.210. The monoisotopic (exact) mass is 218 g/mol. The molecule has 2 N–H and O–H groups in total. The van der Waals surface area contributed by atoms with Gasteiger partial charge >= 0.3 is 0 Å². The second-order valence-electron chi connectivity index (χ2n) is 4.97. The van der Waals surface area contributed by atoms with Gasteiger partial charge in [0.05, 0.1) is 0 Å². The number of likely N-dealkylation sites (tertiary alicyclic amines) is 1. The highest BCUT2D eigenvalue weighted by Crippen LogP contribution is 2.30. The quantitative estimate of drug-likeness (QED) is 0.730. The van der Waals surface area contributed by atoms with Crippen molar-refractivity contribution in [2.45, 2.75) is 51.1 Å². The van der Waals surface area contributed by atoms with Gasteiger partial charge in [-0.15, -0.1) is 12.4 Å². The van der Waals surface area contributed by atoms with Gasteiger partial charge in [-0.05, 0) is 44.6 Å². The highest BCUT2D eigenvalue weighted by molar-refractivity contribution is 5.85. The maximum atomic E-state index is 5.99. The van der Waals surface area contributed by atoms with Gasteiger partial charge in [0.25, 0.3) is 0 Å². The fraction of sp³-hybridized carbons (Fsp3) is 1.00. The van der Waals surface area contributed by atoms with Gasteiger partial charge in [-0.2, -0.15) is 0 Å². The first kappa shape index (κ1) is 12.3. The lowest BCUT2D eigenvalue weighted by Gasteiger charge is -2.35. The maximum Gasteiger partial charge on any atom is 0.0168 e. The van der Waals surface area contributed by atoms with Gasteiger partial charge in [0.15, 0.2) is 0 Å². The molecule has 2 aliphatic rings. The lowest BCUT2D eigenvalue weighted by atomic mass is 10.0. The Labute approximate surface area is 93.6 Å². The molecule has 1 heterocycles. The third-order valence-corrected chi connectivity index (χ3v) is 3.67. The molecule has 2 rings (SSSR count). The minimum absolute atomic E-state index is 0. The Bertz CT molecular complexity index is 175. The average molecular weight is 219 g/mol. The van der Waals surface area contributed by atoms with Crippen LogP contribution in [0.15, 0.2) is 0 Å². The molecular formula is C11H23ClN2. The van der Waals surface area contributed by atoms with Crippen molar-refractivity contribution >= 4 is 12.4 Å². The van der Waals surface area contributed by atoms with E-state index in [9.17, 15) is 0 Å². The van der Waals surface area contributed by atoms with Crippen molar-refractivity contribution < 1.29 is 0 Å². The van der Waals surface area contributed by atoms with E-state index in [0.29, 0.717) is 6.04 Å². The number of piperidine rings is 1. The smallest absolute Gasteiger partial charge is 0.0168 e. The van der Waals surface area contributed by atoms with E-state index >= 15 is 0 Å². The molecule has 1 aliphatic heterocycles. The minimum Gasteiger partial charge on any atom is -0.327 e. The first-order valence-corrected chi connectivity index (χ1v) is 5.75. The standard InChI is InChI=1S/C11H22N2.ClH/c1-9-4-5-11(7-9)13-6-2-3-10(12)8-13;/h9-11H,2-8,12H2,1H3;1H/t9?,10-,11?;/m1./s1. The van der Waals surface area contributed by atoms with Crippen molar-refractivity contribution in [1.29, 1.82) is 0 Å². The first-order valence-electron chi connectivity index (χ1n) is 5.75. The maximum absolute atomic E-state index is 5.99. The van der Waals surface area contributed by atoms with E-state index in [1.807, 2.05) is 0 Å². The Kier molecular flexibility index (Phi) is 4.68. The molecule has 2 nitrogen and oxygen atoms in total. The van der Waals surface area contributed by atoms with Crippen LogP contribution in [0.25, 0.3) is 0 Å². The largest absolute Gasteiger partial charge is 0.327 e. The molecule has 1 saturated heterocycles. The van der Waals surface area contributed by atoms with E-state index in [1.54, 1.807) is 0 Å². The molecule has 1 saturated carbocycles. The predicted octanol–water partition coefficient (Wildman–Crippen LogP) is 2.02. The van der Waals surface area contributed by atoms with Gasteiger partial charge in [-0.25, -0.2) is 0 Å². The summed E-state index contributed by atoms with van der Waals surface area (Å²) in [6.45, 7) is 4.83. The second kappa shape index (κ2) is 5.34. The number of nitrogens with two attached hydrogens (primary N) is 1. The van der Waals surface area contributed by atoms with Crippen LogP contribution in [-0.4, -0.2) is 30.1 Å². The zero-order valence-electron chi connectivity index (χ0n) is 9.11. The molecular weight excluding hydrogens is 196 g/mol. The lowest BCUT2D eigenvalue weighted by molar-refractivity contribution is 0.149. The summed E-state index contributed by atoms with van der Waals surface area (Å²) in [5.41, 5.74) is 5.99. The molecule has 84 valence electrons. The average Bonchev–Trinajstić information content (AvgIpc) is 2.52. The van der Waals surface area contributed by atoms with Crippen LogP contribution in [0, 0.1) is 5.92 Å². The fourth-order valence-corrected chi connectivity index (χ4v) is 2.88. The topological polar surface area (TPSA) is 29.3 Å². The van der Waals surface area contributed by atoms with Crippen LogP contribution in [-0.2, 0) is 0 Å². The summed E-state index contributed by atoms with van der Waals surface area (Å²) in [6.07, 6.45) is 6.79. The molecule has 0 aromatic carbocycles. The molecule has 2 fully saturated rings. The summed E-state index contributed by atoms with van der Waals surface area (Å²) in [4.78, 5) is 2.64. The van der Waals surface area contributed by atoms with E-state index < -0.39 is 0 Å². The third kappa shape index (κ3) is 2.85. The van der Waals surface area contributed by atoms with E-state index in [1.165, 1.54) is 38.6 Å². The minimum atomic E-state index is 0. The van der Waals surface area contributed by atoms with E-state index in [2.05, 4.69) is 11.8 Å². The second-order valence-corrected chi connectivity index (χ2v) is 4.97. The van der Waals surface area contributed by atoms with Gasteiger partial charge < -0.3 is 5.73 Å².